The van der Waals surface area contributed by atoms with Crippen molar-refractivity contribution in [2.45, 2.75) is 32.1 Å². The predicted molar refractivity (Wildman–Crippen MR) is 61.6 cm³/mol. The van der Waals surface area contributed by atoms with E-state index in [1.54, 1.807) is 6.21 Å². The van der Waals surface area contributed by atoms with Crippen molar-refractivity contribution < 1.29 is 0 Å². The van der Waals surface area contributed by atoms with Crippen LogP contribution in [0.4, 0.5) is 5.69 Å². The molecule has 0 aliphatic carbocycles. The van der Waals surface area contributed by atoms with Gasteiger partial charge in [-0.3, -0.25) is 4.99 Å². The van der Waals surface area contributed by atoms with Gasteiger partial charge in [-0.15, -0.1) is 0 Å². The second kappa shape index (κ2) is 3.20. The van der Waals surface area contributed by atoms with Crippen molar-refractivity contribution in [3.8, 4) is 6.07 Å². The molecule has 1 aliphatic rings. The van der Waals surface area contributed by atoms with E-state index in [9.17, 15) is 0 Å². The third-order valence-corrected chi connectivity index (χ3v) is 2.73. The maximum absolute atomic E-state index is 8.90. The zero-order valence-corrected chi connectivity index (χ0v) is 9.28. The molecule has 0 saturated heterocycles. The number of nitrogens with zero attached hydrogens (tertiary/aromatic N) is 2. The number of rotatable bonds is 0. The third-order valence-electron chi connectivity index (χ3n) is 2.73. The molecule has 0 bridgehead atoms. The van der Waals surface area contributed by atoms with Crippen LogP contribution < -0.4 is 0 Å². The number of hydrogen-bond acceptors (Lipinski definition) is 2. The minimum atomic E-state index is -0.158. The van der Waals surface area contributed by atoms with Crippen LogP contribution in [0, 0.1) is 11.3 Å². The lowest BCUT2D eigenvalue weighted by atomic mass is 9.85. The topological polar surface area (TPSA) is 36.1 Å². The van der Waals surface area contributed by atoms with Crippen molar-refractivity contribution in [1.29, 1.82) is 5.26 Å². The largest absolute Gasteiger partial charge is 0.259 e. The monoisotopic (exact) mass is 198 g/mol. The fraction of sp³-hybridized carbons (Fsp3) is 0.385. The summed E-state index contributed by atoms with van der Waals surface area (Å²) >= 11 is 0. The van der Waals surface area contributed by atoms with E-state index in [0.717, 1.165) is 11.3 Å². The standard InChI is InChI=1S/C13H14N2/c1-13(2,3)10-4-5-11-9(7-14)8-15-12(11)6-10/h4-6,8-9H,1-3H3. The lowest BCUT2D eigenvalue weighted by Crippen LogP contribution is -2.10. The van der Waals surface area contributed by atoms with Crippen LogP contribution >= 0.6 is 0 Å². The molecule has 0 radical (unpaired) electrons. The first-order valence-electron chi connectivity index (χ1n) is 5.10. The van der Waals surface area contributed by atoms with E-state index >= 15 is 0 Å². The summed E-state index contributed by atoms with van der Waals surface area (Å²) in [5.74, 6) is -0.158. The van der Waals surface area contributed by atoms with Crippen molar-refractivity contribution in [3.63, 3.8) is 0 Å². The quantitative estimate of drug-likeness (QED) is 0.630. The molecule has 1 aliphatic heterocycles. The Hall–Kier alpha value is -1.62. The first-order valence-corrected chi connectivity index (χ1v) is 5.10. The summed E-state index contributed by atoms with van der Waals surface area (Å²) in [5, 5.41) is 8.90. The molecule has 0 N–H and O–H groups in total. The van der Waals surface area contributed by atoms with E-state index in [1.165, 1.54) is 5.56 Å². The lowest BCUT2D eigenvalue weighted by molar-refractivity contribution is 0.590. The Labute approximate surface area is 90.3 Å². The Morgan fingerprint density at radius 2 is 2.07 bits per heavy atom. The summed E-state index contributed by atoms with van der Waals surface area (Å²) in [7, 11) is 0. The molecule has 0 spiro atoms. The number of fused-ring (bicyclic) bond motifs is 1. The van der Waals surface area contributed by atoms with Gasteiger partial charge in [-0.1, -0.05) is 32.9 Å². The highest BCUT2D eigenvalue weighted by Crippen LogP contribution is 2.35. The van der Waals surface area contributed by atoms with Crippen LogP contribution in [0.5, 0.6) is 0 Å². The summed E-state index contributed by atoms with van der Waals surface area (Å²) in [4.78, 5) is 4.28. The molecule has 2 rings (SSSR count). The minimum Gasteiger partial charge on any atom is -0.259 e. The SMILES string of the molecule is CC(C)(C)c1ccc2c(c1)N=CC2C#N. The van der Waals surface area contributed by atoms with Crippen LogP contribution in [0.2, 0.25) is 0 Å². The first-order chi connectivity index (χ1) is 7.02. The van der Waals surface area contributed by atoms with Crippen molar-refractivity contribution in [3.05, 3.63) is 29.3 Å². The lowest BCUT2D eigenvalue weighted by Gasteiger charge is -2.19. The number of aliphatic imine (C=N–C) groups is 1. The van der Waals surface area contributed by atoms with Crippen LogP contribution in [0.1, 0.15) is 37.8 Å². The van der Waals surface area contributed by atoms with Crippen molar-refractivity contribution in [2.24, 2.45) is 4.99 Å². The number of benzene rings is 1. The molecule has 1 aromatic rings. The summed E-state index contributed by atoms with van der Waals surface area (Å²) in [6.07, 6.45) is 1.72. The van der Waals surface area contributed by atoms with Crippen LogP contribution in [0.15, 0.2) is 23.2 Å². The summed E-state index contributed by atoms with van der Waals surface area (Å²) in [6.45, 7) is 6.53. The molecule has 1 aromatic carbocycles. The first kappa shape index (κ1) is 9.92. The van der Waals surface area contributed by atoms with Crippen LogP contribution in [0.25, 0.3) is 0 Å². The maximum atomic E-state index is 8.90. The van der Waals surface area contributed by atoms with E-state index in [4.69, 9.17) is 5.26 Å². The third kappa shape index (κ3) is 1.66. The van der Waals surface area contributed by atoms with E-state index in [0.29, 0.717) is 0 Å². The highest BCUT2D eigenvalue weighted by Gasteiger charge is 2.21. The molecular weight excluding hydrogens is 184 g/mol. The molecule has 1 heterocycles. The van der Waals surface area contributed by atoms with Gasteiger partial charge in [0.05, 0.1) is 11.8 Å². The Morgan fingerprint density at radius 1 is 1.33 bits per heavy atom. The van der Waals surface area contributed by atoms with Gasteiger partial charge in [0.25, 0.3) is 0 Å². The minimum absolute atomic E-state index is 0.134. The molecular formula is C13H14N2. The Kier molecular flexibility index (Phi) is 2.12. The van der Waals surface area contributed by atoms with Gasteiger partial charge in [0.15, 0.2) is 0 Å². The summed E-state index contributed by atoms with van der Waals surface area (Å²) < 4.78 is 0. The van der Waals surface area contributed by atoms with E-state index in [-0.39, 0.29) is 11.3 Å². The van der Waals surface area contributed by atoms with Gasteiger partial charge in [-0.2, -0.15) is 5.26 Å². The normalized spacial score (nSPS) is 18.7. The maximum Gasteiger partial charge on any atom is 0.109 e. The van der Waals surface area contributed by atoms with E-state index < -0.39 is 0 Å². The van der Waals surface area contributed by atoms with Gasteiger partial charge in [-0.25, -0.2) is 0 Å². The van der Waals surface area contributed by atoms with Crippen LogP contribution in [-0.2, 0) is 5.41 Å². The van der Waals surface area contributed by atoms with Crippen LogP contribution in [0.3, 0.4) is 0 Å². The second-order valence-corrected chi connectivity index (χ2v) is 4.91. The van der Waals surface area contributed by atoms with Gasteiger partial charge in [0.2, 0.25) is 0 Å². The average molecular weight is 198 g/mol. The highest BCUT2D eigenvalue weighted by molar-refractivity contribution is 5.83. The number of hydrogen-bond donors (Lipinski definition) is 0. The van der Waals surface area contributed by atoms with Crippen molar-refractivity contribution in [2.75, 3.05) is 0 Å². The van der Waals surface area contributed by atoms with Crippen molar-refractivity contribution >= 4 is 11.9 Å². The van der Waals surface area contributed by atoms with Gasteiger partial charge in [-0.05, 0) is 17.0 Å². The zero-order chi connectivity index (χ0) is 11.1. The van der Waals surface area contributed by atoms with Gasteiger partial charge in [0, 0.05) is 11.8 Å². The van der Waals surface area contributed by atoms with Gasteiger partial charge >= 0.3 is 0 Å². The van der Waals surface area contributed by atoms with Crippen LogP contribution in [-0.4, -0.2) is 6.21 Å². The summed E-state index contributed by atoms with van der Waals surface area (Å²) in [6, 6.07) is 8.44. The molecule has 0 aromatic heterocycles. The predicted octanol–water partition coefficient (Wildman–Crippen LogP) is 3.31. The summed E-state index contributed by atoms with van der Waals surface area (Å²) in [5.41, 5.74) is 3.38. The molecule has 2 heteroatoms. The molecule has 0 saturated carbocycles. The average Bonchev–Trinajstić information content (AvgIpc) is 2.58. The smallest absolute Gasteiger partial charge is 0.109 e. The highest BCUT2D eigenvalue weighted by atomic mass is 14.8. The molecule has 0 fully saturated rings. The molecule has 2 nitrogen and oxygen atoms in total. The fourth-order valence-electron chi connectivity index (χ4n) is 1.72. The second-order valence-electron chi connectivity index (χ2n) is 4.91. The molecule has 0 amide bonds. The van der Waals surface area contributed by atoms with Gasteiger partial charge in [0.1, 0.15) is 5.92 Å². The molecule has 76 valence electrons. The van der Waals surface area contributed by atoms with Gasteiger partial charge < -0.3 is 0 Å². The number of nitriles is 1. The Morgan fingerprint density at radius 3 is 2.67 bits per heavy atom. The van der Waals surface area contributed by atoms with E-state index in [1.807, 2.05) is 6.07 Å². The van der Waals surface area contributed by atoms with E-state index in [2.05, 4.69) is 44.0 Å². The molecule has 15 heavy (non-hydrogen) atoms. The molecule has 1 atom stereocenters. The Bertz CT molecular complexity index is 458. The van der Waals surface area contributed by atoms with Crippen molar-refractivity contribution in [1.82, 2.24) is 0 Å². The fourth-order valence-corrected chi connectivity index (χ4v) is 1.72. The zero-order valence-electron chi connectivity index (χ0n) is 9.28. The Balaban J connectivity index is 2.47. The molecule has 1 unspecified atom stereocenters.